The van der Waals surface area contributed by atoms with Gasteiger partial charge in [-0.25, -0.2) is 9.97 Å². The van der Waals surface area contributed by atoms with Crippen molar-refractivity contribution in [2.45, 2.75) is 17.3 Å². The number of hydrogen-bond acceptors (Lipinski definition) is 7. The molecular weight excluding hydrogens is 384 g/mol. The van der Waals surface area contributed by atoms with Crippen LogP contribution in [0.4, 0.5) is 0 Å². The Labute approximate surface area is 163 Å². The molecule has 0 unspecified atom stereocenters. The van der Waals surface area contributed by atoms with Crippen molar-refractivity contribution in [1.29, 1.82) is 0 Å². The van der Waals surface area contributed by atoms with Crippen LogP contribution in [0.2, 0.25) is 0 Å². The van der Waals surface area contributed by atoms with Gasteiger partial charge in [0.15, 0.2) is 0 Å². The lowest BCUT2D eigenvalue weighted by Crippen LogP contribution is -1.88. The summed E-state index contributed by atoms with van der Waals surface area (Å²) in [6, 6.07) is 12.1. The number of thiophene rings is 1. The number of aromatic amines is 1. The van der Waals surface area contributed by atoms with Gasteiger partial charge in [-0.1, -0.05) is 30.0 Å². The summed E-state index contributed by atoms with van der Waals surface area (Å²) in [5, 5.41) is 13.2. The second kappa shape index (κ2) is 8.03. The SMILES string of the molecule is COc1ccccc1-c1nc(CSc2n[nH]c(Cc3cccs3)n2)cs1. The number of rotatable bonds is 7. The number of nitrogens with one attached hydrogen (secondary N) is 1. The van der Waals surface area contributed by atoms with Crippen LogP contribution in [0.5, 0.6) is 5.75 Å². The van der Waals surface area contributed by atoms with Gasteiger partial charge in [0, 0.05) is 22.4 Å². The number of nitrogens with zero attached hydrogens (tertiary/aromatic N) is 3. The van der Waals surface area contributed by atoms with Crippen LogP contribution in [0.3, 0.4) is 0 Å². The molecule has 0 saturated carbocycles. The maximum Gasteiger partial charge on any atom is 0.208 e. The summed E-state index contributed by atoms with van der Waals surface area (Å²) in [5.41, 5.74) is 2.04. The number of hydrogen-bond donors (Lipinski definition) is 1. The Bertz CT molecular complexity index is 978. The van der Waals surface area contributed by atoms with Gasteiger partial charge >= 0.3 is 0 Å². The van der Waals surface area contributed by atoms with E-state index in [1.807, 2.05) is 30.3 Å². The van der Waals surface area contributed by atoms with E-state index in [-0.39, 0.29) is 0 Å². The van der Waals surface area contributed by atoms with Gasteiger partial charge < -0.3 is 4.74 Å². The number of methoxy groups -OCH3 is 1. The lowest BCUT2D eigenvalue weighted by Gasteiger charge is -2.04. The summed E-state index contributed by atoms with van der Waals surface area (Å²) in [5.74, 6) is 2.47. The van der Waals surface area contributed by atoms with Crippen molar-refractivity contribution in [3.63, 3.8) is 0 Å². The Morgan fingerprint density at radius 2 is 2.04 bits per heavy atom. The van der Waals surface area contributed by atoms with Crippen molar-refractivity contribution in [2.24, 2.45) is 0 Å². The molecule has 0 bridgehead atoms. The molecule has 0 saturated heterocycles. The number of thiazole rings is 1. The van der Waals surface area contributed by atoms with E-state index in [1.165, 1.54) is 4.88 Å². The second-order valence-electron chi connectivity index (χ2n) is 5.45. The number of thioether (sulfide) groups is 1. The zero-order valence-electron chi connectivity index (χ0n) is 14.0. The predicted octanol–water partition coefficient (Wildman–Crippen LogP) is 4.88. The maximum absolute atomic E-state index is 5.42. The number of H-pyrrole nitrogens is 1. The molecule has 0 atom stereocenters. The van der Waals surface area contributed by atoms with Crippen LogP contribution < -0.4 is 4.74 Å². The van der Waals surface area contributed by atoms with Crippen molar-refractivity contribution in [3.05, 3.63) is 63.6 Å². The van der Waals surface area contributed by atoms with Crippen LogP contribution >= 0.6 is 34.4 Å². The van der Waals surface area contributed by atoms with Crippen LogP contribution in [0.15, 0.2) is 52.3 Å². The monoisotopic (exact) mass is 400 g/mol. The Morgan fingerprint density at radius 3 is 2.88 bits per heavy atom. The third-order valence-corrected chi connectivity index (χ3v) is 6.35. The van der Waals surface area contributed by atoms with E-state index < -0.39 is 0 Å². The molecule has 3 aromatic heterocycles. The van der Waals surface area contributed by atoms with Gasteiger partial charge in [-0.3, -0.25) is 5.10 Å². The minimum Gasteiger partial charge on any atom is -0.496 e. The Hall–Kier alpha value is -2.16. The highest BCUT2D eigenvalue weighted by Crippen LogP contribution is 2.33. The highest BCUT2D eigenvalue weighted by molar-refractivity contribution is 7.98. The summed E-state index contributed by atoms with van der Waals surface area (Å²) in [4.78, 5) is 10.6. The first kappa shape index (κ1) is 17.3. The van der Waals surface area contributed by atoms with Gasteiger partial charge in [-0.2, -0.15) is 0 Å². The lowest BCUT2D eigenvalue weighted by molar-refractivity contribution is 0.416. The van der Waals surface area contributed by atoms with Crippen LogP contribution in [0.25, 0.3) is 10.6 Å². The van der Waals surface area contributed by atoms with Gasteiger partial charge in [0.2, 0.25) is 5.16 Å². The minimum absolute atomic E-state index is 0.738. The fourth-order valence-electron chi connectivity index (χ4n) is 2.46. The second-order valence-corrected chi connectivity index (χ2v) is 8.29. The van der Waals surface area contributed by atoms with E-state index in [1.54, 1.807) is 41.5 Å². The van der Waals surface area contributed by atoms with Gasteiger partial charge in [0.05, 0.1) is 18.4 Å². The smallest absolute Gasteiger partial charge is 0.208 e. The van der Waals surface area contributed by atoms with E-state index in [0.717, 1.165) is 45.2 Å². The number of para-hydroxylation sites is 1. The lowest BCUT2D eigenvalue weighted by atomic mass is 10.2. The number of benzene rings is 1. The zero-order valence-corrected chi connectivity index (χ0v) is 16.5. The zero-order chi connectivity index (χ0) is 17.8. The quantitative estimate of drug-likeness (QED) is 0.448. The molecular formula is C18H16N4OS3. The largest absolute Gasteiger partial charge is 0.496 e. The first-order valence-corrected chi connectivity index (χ1v) is 10.7. The Kier molecular flexibility index (Phi) is 5.33. The van der Waals surface area contributed by atoms with Gasteiger partial charge in [-0.15, -0.1) is 27.8 Å². The van der Waals surface area contributed by atoms with Crippen LogP contribution in [-0.2, 0) is 12.2 Å². The third kappa shape index (κ3) is 3.98. The minimum atomic E-state index is 0.738. The summed E-state index contributed by atoms with van der Waals surface area (Å²) in [6.07, 6.45) is 0.792. The van der Waals surface area contributed by atoms with E-state index in [4.69, 9.17) is 9.72 Å². The van der Waals surface area contributed by atoms with Crippen molar-refractivity contribution in [2.75, 3.05) is 7.11 Å². The van der Waals surface area contributed by atoms with Crippen LogP contribution in [-0.4, -0.2) is 27.3 Å². The molecule has 132 valence electrons. The average Bonchev–Trinajstić information content (AvgIpc) is 3.42. The molecule has 0 amide bonds. The molecule has 0 aliphatic rings. The molecule has 5 nitrogen and oxygen atoms in total. The molecule has 0 aliphatic carbocycles. The molecule has 8 heteroatoms. The maximum atomic E-state index is 5.42. The van der Waals surface area contributed by atoms with Crippen molar-refractivity contribution < 1.29 is 4.74 Å². The molecule has 0 spiro atoms. The first-order valence-electron chi connectivity index (χ1n) is 7.96. The van der Waals surface area contributed by atoms with E-state index in [2.05, 4.69) is 32.0 Å². The predicted molar refractivity (Wildman–Crippen MR) is 107 cm³/mol. The normalized spacial score (nSPS) is 11.0. The van der Waals surface area contributed by atoms with Gasteiger partial charge in [0.25, 0.3) is 0 Å². The Balaban J connectivity index is 1.40. The Morgan fingerprint density at radius 1 is 1.12 bits per heavy atom. The topological polar surface area (TPSA) is 63.7 Å². The molecule has 1 N–H and O–H groups in total. The molecule has 0 radical (unpaired) electrons. The molecule has 1 aromatic carbocycles. The standard InChI is InChI=1S/C18H16N4OS3/c1-23-15-7-3-2-6-14(15)17-19-12(10-25-17)11-26-18-20-16(21-22-18)9-13-5-4-8-24-13/h2-8,10H,9,11H2,1H3,(H,20,21,22). The molecule has 4 aromatic rings. The van der Waals surface area contributed by atoms with E-state index in [0.29, 0.717) is 0 Å². The van der Waals surface area contributed by atoms with E-state index >= 15 is 0 Å². The molecule has 0 aliphatic heterocycles. The molecule has 3 heterocycles. The van der Waals surface area contributed by atoms with Gasteiger partial charge in [-0.05, 0) is 23.6 Å². The van der Waals surface area contributed by atoms with E-state index in [9.17, 15) is 0 Å². The summed E-state index contributed by atoms with van der Waals surface area (Å²) < 4.78 is 5.42. The fraction of sp³-hybridized carbons (Fsp3) is 0.167. The highest BCUT2D eigenvalue weighted by atomic mass is 32.2. The summed E-state index contributed by atoms with van der Waals surface area (Å²) in [6.45, 7) is 0. The van der Waals surface area contributed by atoms with Crippen molar-refractivity contribution in [1.82, 2.24) is 20.2 Å². The first-order chi connectivity index (χ1) is 12.8. The van der Waals surface area contributed by atoms with Crippen molar-refractivity contribution >= 4 is 34.4 Å². The average molecular weight is 401 g/mol. The van der Waals surface area contributed by atoms with Gasteiger partial charge in [0.1, 0.15) is 16.6 Å². The van der Waals surface area contributed by atoms with Crippen molar-refractivity contribution in [3.8, 4) is 16.3 Å². The number of ether oxygens (including phenoxy) is 1. The molecule has 4 rings (SSSR count). The van der Waals surface area contributed by atoms with Crippen LogP contribution in [0, 0.1) is 0 Å². The highest BCUT2D eigenvalue weighted by Gasteiger charge is 2.11. The number of aromatic nitrogens is 4. The molecule has 26 heavy (non-hydrogen) atoms. The van der Waals surface area contributed by atoms with Crippen LogP contribution in [0.1, 0.15) is 16.4 Å². The fourth-order valence-corrected chi connectivity index (χ4v) is 4.83. The summed E-state index contributed by atoms with van der Waals surface area (Å²) in [7, 11) is 1.68. The summed E-state index contributed by atoms with van der Waals surface area (Å²) >= 11 is 4.94. The molecule has 0 fully saturated rings. The third-order valence-electron chi connectivity index (χ3n) is 3.67.